The molecule has 16 heavy (non-hydrogen) atoms. The first-order chi connectivity index (χ1) is 7.54. The van der Waals surface area contributed by atoms with Crippen LogP contribution in [-0.4, -0.2) is 19.1 Å². The van der Waals surface area contributed by atoms with Gasteiger partial charge in [0.25, 0.3) is 0 Å². The molecule has 0 aromatic heterocycles. The molecule has 88 valence electrons. The Morgan fingerprint density at radius 1 is 1.56 bits per heavy atom. The van der Waals surface area contributed by atoms with Gasteiger partial charge in [0, 0.05) is 11.0 Å². The minimum atomic E-state index is -0.287. The molecule has 0 amide bonds. The molecule has 0 fully saturated rings. The van der Waals surface area contributed by atoms with Gasteiger partial charge in [0.1, 0.15) is 6.04 Å². The number of carbonyl (C=O) groups is 1. The Kier molecular flexibility index (Phi) is 4.96. The zero-order valence-electron chi connectivity index (χ0n) is 9.71. The molecule has 1 aromatic carbocycles. The zero-order valence-corrected chi connectivity index (χ0v) is 11.3. The van der Waals surface area contributed by atoms with Gasteiger partial charge < -0.3 is 10.1 Å². The third-order valence-electron chi connectivity index (χ3n) is 2.40. The molecule has 3 nitrogen and oxygen atoms in total. The lowest BCUT2D eigenvalue weighted by Crippen LogP contribution is -2.34. The fourth-order valence-corrected chi connectivity index (χ4v) is 1.70. The van der Waals surface area contributed by atoms with Gasteiger partial charge >= 0.3 is 5.97 Å². The molecule has 4 heteroatoms. The number of nitrogens with one attached hydrogen (secondary N) is 1. The number of carbonyl (C=O) groups excluding carboxylic acids is 1. The molecule has 0 aliphatic rings. The molecule has 0 aliphatic carbocycles. The third-order valence-corrected chi connectivity index (χ3v) is 3.26. The highest BCUT2D eigenvalue weighted by atomic mass is 79.9. The van der Waals surface area contributed by atoms with Gasteiger partial charge in [0.05, 0.1) is 7.11 Å². The summed E-state index contributed by atoms with van der Waals surface area (Å²) in [5.74, 6) is -0.244. The van der Waals surface area contributed by atoms with Crippen LogP contribution in [0.15, 0.2) is 22.7 Å². The SMILES string of the molecule is COC(=O)[C@H](C)NCc1ccc(C)c(Br)c1. The summed E-state index contributed by atoms with van der Waals surface area (Å²) in [7, 11) is 1.39. The standard InChI is InChI=1S/C12H16BrNO2/c1-8-4-5-10(6-11(8)13)7-14-9(2)12(15)16-3/h4-6,9,14H,7H2,1-3H3/t9-/m0/s1. The summed E-state index contributed by atoms with van der Waals surface area (Å²) in [4.78, 5) is 11.2. The van der Waals surface area contributed by atoms with E-state index >= 15 is 0 Å². The molecule has 0 bridgehead atoms. The molecule has 0 unspecified atom stereocenters. The van der Waals surface area contributed by atoms with E-state index in [1.54, 1.807) is 6.92 Å². The topological polar surface area (TPSA) is 38.3 Å². The molecule has 1 N–H and O–H groups in total. The van der Waals surface area contributed by atoms with Gasteiger partial charge in [-0.15, -0.1) is 0 Å². The first kappa shape index (κ1) is 13.2. The molecule has 1 rings (SSSR count). The van der Waals surface area contributed by atoms with Crippen molar-refractivity contribution < 1.29 is 9.53 Å². The van der Waals surface area contributed by atoms with Crippen molar-refractivity contribution in [1.29, 1.82) is 0 Å². The van der Waals surface area contributed by atoms with E-state index < -0.39 is 0 Å². The number of hydrogen-bond donors (Lipinski definition) is 1. The zero-order chi connectivity index (χ0) is 12.1. The van der Waals surface area contributed by atoms with Crippen molar-refractivity contribution in [2.75, 3.05) is 7.11 Å². The van der Waals surface area contributed by atoms with E-state index in [1.807, 2.05) is 25.1 Å². The number of benzene rings is 1. The lowest BCUT2D eigenvalue weighted by atomic mass is 10.1. The predicted molar refractivity (Wildman–Crippen MR) is 67.2 cm³/mol. The summed E-state index contributed by atoms with van der Waals surface area (Å²) >= 11 is 3.48. The Balaban J connectivity index is 2.55. The smallest absolute Gasteiger partial charge is 0.322 e. The highest BCUT2D eigenvalue weighted by Crippen LogP contribution is 2.17. The minimum absolute atomic E-state index is 0.244. The molecule has 1 atom stereocenters. The van der Waals surface area contributed by atoms with E-state index in [0.29, 0.717) is 6.54 Å². The van der Waals surface area contributed by atoms with E-state index in [0.717, 1.165) is 10.0 Å². The van der Waals surface area contributed by atoms with E-state index in [-0.39, 0.29) is 12.0 Å². The summed E-state index contributed by atoms with van der Waals surface area (Å²) < 4.78 is 5.71. The Hall–Kier alpha value is -0.870. The van der Waals surface area contributed by atoms with Crippen LogP contribution in [0.1, 0.15) is 18.1 Å². The highest BCUT2D eigenvalue weighted by Gasteiger charge is 2.11. The van der Waals surface area contributed by atoms with Crippen LogP contribution in [0.2, 0.25) is 0 Å². The van der Waals surface area contributed by atoms with Crippen LogP contribution in [0.25, 0.3) is 0 Å². The minimum Gasteiger partial charge on any atom is -0.468 e. The number of halogens is 1. The highest BCUT2D eigenvalue weighted by molar-refractivity contribution is 9.10. The molecular weight excluding hydrogens is 270 g/mol. The fourth-order valence-electron chi connectivity index (χ4n) is 1.28. The molecule has 0 saturated carbocycles. The van der Waals surface area contributed by atoms with Crippen molar-refractivity contribution in [3.05, 3.63) is 33.8 Å². The first-order valence-corrected chi connectivity index (χ1v) is 5.90. The second-order valence-electron chi connectivity index (χ2n) is 3.71. The molecule has 0 radical (unpaired) electrons. The number of rotatable bonds is 4. The van der Waals surface area contributed by atoms with Gasteiger partial charge in [-0.05, 0) is 31.0 Å². The summed E-state index contributed by atoms with van der Waals surface area (Å²) in [6, 6.07) is 5.85. The Labute approximate surface area is 104 Å². The molecule has 0 saturated heterocycles. The number of hydrogen-bond acceptors (Lipinski definition) is 3. The largest absolute Gasteiger partial charge is 0.468 e. The first-order valence-electron chi connectivity index (χ1n) is 5.11. The van der Waals surface area contributed by atoms with Crippen LogP contribution < -0.4 is 5.32 Å². The molecular formula is C12H16BrNO2. The van der Waals surface area contributed by atoms with Gasteiger partial charge in [-0.3, -0.25) is 4.79 Å². The van der Waals surface area contributed by atoms with Gasteiger partial charge in [-0.2, -0.15) is 0 Å². The van der Waals surface area contributed by atoms with Gasteiger partial charge in [-0.25, -0.2) is 0 Å². The lowest BCUT2D eigenvalue weighted by Gasteiger charge is -2.11. The molecule has 1 aromatic rings. The van der Waals surface area contributed by atoms with Crippen molar-refractivity contribution in [2.24, 2.45) is 0 Å². The Bertz CT molecular complexity index is 379. The number of aryl methyl sites for hydroxylation is 1. The normalized spacial score (nSPS) is 12.2. The van der Waals surface area contributed by atoms with E-state index in [9.17, 15) is 4.79 Å². The molecule has 0 heterocycles. The molecule has 0 aliphatic heterocycles. The second-order valence-corrected chi connectivity index (χ2v) is 4.56. The van der Waals surface area contributed by atoms with Crippen LogP contribution in [-0.2, 0) is 16.1 Å². The average molecular weight is 286 g/mol. The average Bonchev–Trinajstić information content (AvgIpc) is 2.29. The van der Waals surface area contributed by atoms with Crippen LogP contribution in [0.3, 0.4) is 0 Å². The summed E-state index contributed by atoms with van der Waals surface area (Å²) in [6.07, 6.45) is 0. The summed E-state index contributed by atoms with van der Waals surface area (Å²) in [5, 5.41) is 3.10. The van der Waals surface area contributed by atoms with Crippen molar-refractivity contribution >= 4 is 21.9 Å². The Morgan fingerprint density at radius 2 is 2.25 bits per heavy atom. The van der Waals surface area contributed by atoms with Gasteiger partial charge in [-0.1, -0.05) is 28.1 Å². The lowest BCUT2D eigenvalue weighted by molar-refractivity contribution is -0.142. The van der Waals surface area contributed by atoms with Gasteiger partial charge in [0.2, 0.25) is 0 Å². The van der Waals surface area contributed by atoms with Crippen LogP contribution in [0.4, 0.5) is 0 Å². The van der Waals surface area contributed by atoms with Crippen LogP contribution in [0, 0.1) is 6.92 Å². The number of esters is 1. The Morgan fingerprint density at radius 3 is 2.81 bits per heavy atom. The second kappa shape index (κ2) is 6.01. The summed E-state index contributed by atoms with van der Waals surface area (Å²) in [5.41, 5.74) is 2.33. The van der Waals surface area contributed by atoms with Gasteiger partial charge in [0.15, 0.2) is 0 Å². The van der Waals surface area contributed by atoms with Crippen molar-refractivity contribution in [2.45, 2.75) is 26.4 Å². The summed E-state index contributed by atoms with van der Waals surface area (Å²) in [6.45, 7) is 4.47. The quantitative estimate of drug-likeness (QED) is 0.864. The van der Waals surface area contributed by atoms with E-state index in [1.165, 1.54) is 12.7 Å². The van der Waals surface area contributed by atoms with Crippen molar-refractivity contribution in [1.82, 2.24) is 5.32 Å². The van der Waals surface area contributed by atoms with E-state index in [2.05, 4.69) is 26.0 Å². The molecule has 0 spiro atoms. The van der Waals surface area contributed by atoms with Crippen LogP contribution >= 0.6 is 15.9 Å². The van der Waals surface area contributed by atoms with E-state index in [4.69, 9.17) is 0 Å². The number of ether oxygens (including phenoxy) is 1. The number of methoxy groups -OCH3 is 1. The van der Waals surface area contributed by atoms with Crippen molar-refractivity contribution in [3.8, 4) is 0 Å². The van der Waals surface area contributed by atoms with Crippen LogP contribution in [0.5, 0.6) is 0 Å². The maximum Gasteiger partial charge on any atom is 0.322 e. The predicted octanol–water partition coefficient (Wildman–Crippen LogP) is 2.41. The fraction of sp³-hybridized carbons (Fsp3) is 0.417. The monoisotopic (exact) mass is 285 g/mol. The maximum absolute atomic E-state index is 11.2. The maximum atomic E-state index is 11.2. The van der Waals surface area contributed by atoms with Crippen molar-refractivity contribution in [3.63, 3.8) is 0 Å². The third kappa shape index (κ3) is 3.61.